The van der Waals surface area contributed by atoms with Gasteiger partial charge in [0.1, 0.15) is 0 Å². The molecule has 100 valence electrons. The number of anilines is 1. The second kappa shape index (κ2) is 5.86. The zero-order valence-electron chi connectivity index (χ0n) is 10.7. The monoisotopic (exact) mass is 345 g/mol. The van der Waals surface area contributed by atoms with E-state index in [1.807, 2.05) is 18.2 Å². The van der Waals surface area contributed by atoms with Crippen LogP contribution in [0.15, 0.2) is 65.1 Å². The molecule has 0 aliphatic heterocycles. The molecule has 3 rings (SSSR count). The highest BCUT2D eigenvalue weighted by molar-refractivity contribution is 9.10. The Balaban J connectivity index is 1.89. The lowest BCUT2D eigenvalue weighted by Gasteiger charge is -2.11. The molecule has 1 nitrogen and oxygen atoms in total. The fourth-order valence-electron chi connectivity index (χ4n) is 2.25. The first-order valence-electron chi connectivity index (χ1n) is 6.39. The van der Waals surface area contributed by atoms with Crippen LogP contribution in [-0.4, -0.2) is 0 Å². The second-order valence-corrected chi connectivity index (χ2v) is 5.94. The minimum atomic E-state index is 0.701. The lowest BCUT2D eigenvalue weighted by molar-refractivity contribution is 1.15. The van der Waals surface area contributed by atoms with Crippen LogP contribution < -0.4 is 5.32 Å². The van der Waals surface area contributed by atoms with E-state index in [1.54, 1.807) is 0 Å². The highest BCUT2D eigenvalue weighted by Gasteiger charge is 2.03. The number of nitrogens with one attached hydrogen (secondary N) is 1. The summed E-state index contributed by atoms with van der Waals surface area (Å²) in [5.74, 6) is 0. The van der Waals surface area contributed by atoms with Crippen molar-refractivity contribution in [3.63, 3.8) is 0 Å². The second-order valence-electron chi connectivity index (χ2n) is 4.62. The van der Waals surface area contributed by atoms with Gasteiger partial charge in [-0.25, -0.2) is 0 Å². The summed E-state index contributed by atoms with van der Waals surface area (Å²) in [6.45, 7) is 0.701. The van der Waals surface area contributed by atoms with Crippen LogP contribution in [0, 0.1) is 0 Å². The SMILES string of the molecule is Clc1ccc(Br)cc1CNc1cccc2ccccc12. The molecule has 0 aliphatic carbocycles. The van der Waals surface area contributed by atoms with Gasteiger partial charge in [-0.15, -0.1) is 0 Å². The third-order valence-electron chi connectivity index (χ3n) is 3.27. The standard InChI is InChI=1S/C17H13BrClN/c18-14-8-9-16(19)13(10-14)11-20-17-7-3-5-12-4-1-2-6-15(12)17/h1-10,20H,11H2. The molecule has 0 unspecified atom stereocenters. The molecule has 0 heterocycles. The van der Waals surface area contributed by atoms with E-state index in [0.29, 0.717) is 6.54 Å². The summed E-state index contributed by atoms with van der Waals surface area (Å²) < 4.78 is 1.04. The minimum Gasteiger partial charge on any atom is -0.380 e. The Bertz CT molecular complexity index is 750. The minimum absolute atomic E-state index is 0.701. The Hall–Kier alpha value is -1.51. The van der Waals surface area contributed by atoms with E-state index in [0.717, 1.165) is 20.7 Å². The molecule has 0 fully saturated rings. The Kier molecular flexibility index (Phi) is 3.95. The van der Waals surface area contributed by atoms with Crippen molar-refractivity contribution in [1.29, 1.82) is 0 Å². The number of halogens is 2. The first kappa shape index (κ1) is 13.5. The van der Waals surface area contributed by atoms with Gasteiger partial charge in [-0.1, -0.05) is 63.9 Å². The zero-order chi connectivity index (χ0) is 13.9. The summed E-state index contributed by atoms with van der Waals surface area (Å²) in [5, 5.41) is 6.70. The zero-order valence-corrected chi connectivity index (χ0v) is 13.1. The number of hydrogen-bond acceptors (Lipinski definition) is 1. The molecule has 0 aliphatic rings. The number of hydrogen-bond donors (Lipinski definition) is 1. The normalized spacial score (nSPS) is 10.7. The Labute approximate surface area is 131 Å². The molecule has 0 aromatic heterocycles. The maximum atomic E-state index is 6.22. The van der Waals surface area contributed by atoms with Crippen LogP contribution in [0.5, 0.6) is 0 Å². The molecule has 1 N–H and O–H groups in total. The summed E-state index contributed by atoms with van der Waals surface area (Å²) in [6.07, 6.45) is 0. The molecule has 3 aromatic carbocycles. The highest BCUT2D eigenvalue weighted by atomic mass is 79.9. The molecular weight excluding hydrogens is 334 g/mol. The van der Waals surface area contributed by atoms with Crippen LogP contribution in [0.3, 0.4) is 0 Å². The van der Waals surface area contributed by atoms with E-state index in [4.69, 9.17) is 11.6 Å². The molecule has 0 spiro atoms. The molecule has 0 bridgehead atoms. The van der Waals surface area contributed by atoms with Crippen LogP contribution in [0.2, 0.25) is 5.02 Å². The van der Waals surface area contributed by atoms with Gasteiger partial charge in [0.15, 0.2) is 0 Å². The Morgan fingerprint density at radius 3 is 2.65 bits per heavy atom. The quantitative estimate of drug-likeness (QED) is 0.625. The van der Waals surface area contributed by atoms with Gasteiger partial charge in [0, 0.05) is 27.1 Å². The van der Waals surface area contributed by atoms with E-state index in [9.17, 15) is 0 Å². The van der Waals surface area contributed by atoms with Crippen molar-refractivity contribution < 1.29 is 0 Å². The van der Waals surface area contributed by atoms with Gasteiger partial charge < -0.3 is 5.32 Å². The van der Waals surface area contributed by atoms with Crippen LogP contribution in [0.1, 0.15) is 5.56 Å². The van der Waals surface area contributed by atoms with E-state index < -0.39 is 0 Å². The van der Waals surface area contributed by atoms with Gasteiger partial charge in [-0.3, -0.25) is 0 Å². The average Bonchev–Trinajstić information content (AvgIpc) is 2.48. The van der Waals surface area contributed by atoms with Crippen LogP contribution in [0.25, 0.3) is 10.8 Å². The van der Waals surface area contributed by atoms with E-state index in [1.165, 1.54) is 10.8 Å². The number of benzene rings is 3. The van der Waals surface area contributed by atoms with Gasteiger partial charge in [0.2, 0.25) is 0 Å². The maximum Gasteiger partial charge on any atom is 0.0456 e. The van der Waals surface area contributed by atoms with E-state index >= 15 is 0 Å². The smallest absolute Gasteiger partial charge is 0.0456 e. The van der Waals surface area contributed by atoms with Gasteiger partial charge >= 0.3 is 0 Å². The molecule has 3 heteroatoms. The van der Waals surface area contributed by atoms with Gasteiger partial charge in [-0.05, 0) is 35.2 Å². The van der Waals surface area contributed by atoms with E-state index in [-0.39, 0.29) is 0 Å². The van der Waals surface area contributed by atoms with Crippen LogP contribution >= 0.6 is 27.5 Å². The lowest BCUT2D eigenvalue weighted by atomic mass is 10.1. The van der Waals surface area contributed by atoms with Crippen molar-refractivity contribution in [2.45, 2.75) is 6.54 Å². The predicted molar refractivity (Wildman–Crippen MR) is 90.4 cm³/mol. The summed E-state index contributed by atoms with van der Waals surface area (Å²) >= 11 is 9.70. The summed E-state index contributed by atoms with van der Waals surface area (Å²) in [6, 6.07) is 20.5. The first-order chi connectivity index (χ1) is 9.74. The highest BCUT2D eigenvalue weighted by Crippen LogP contribution is 2.26. The summed E-state index contributed by atoms with van der Waals surface area (Å²) in [7, 11) is 0. The molecule has 0 amide bonds. The van der Waals surface area contributed by atoms with Crippen molar-refractivity contribution in [3.8, 4) is 0 Å². The predicted octanol–water partition coefficient (Wildman–Crippen LogP) is 5.87. The van der Waals surface area contributed by atoms with Crippen molar-refractivity contribution >= 4 is 44.0 Å². The molecular formula is C17H13BrClN. The molecule has 0 atom stereocenters. The van der Waals surface area contributed by atoms with Gasteiger partial charge in [0.25, 0.3) is 0 Å². The fourth-order valence-corrected chi connectivity index (χ4v) is 2.84. The van der Waals surface area contributed by atoms with Gasteiger partial charge in [-0.2, -0.15) is 0 Å². The van der Waals surface area contributed by atoms with E-state index in [2.05, 4.69) is 63.7 Å². The van der Waals surface area contributed by atoms with Crippen molar-refractivity contribution in [2.24, 2.45) is 0 Å². The molecule has 3 aromatic rings. The number of rotatable bonds is 3. The largest absolute Gasteiger partial charge is 0.380 e. The molecule has 20 heavy (non-hydrogen) atoms. The number of fused-ring (bicyclic) bond motifs is 1. The summed E-state index contributed by atoms with van der Waals surface area (Å²) in [5.41, 5.74) is 2.20. The fraction of sp³-hybridized carbons (Fsp3) is 0.0588. The lowest BCUT2D eigenvalue weighted by Crippen LogP contribution is -2.00. The van der Waals surface area contributed by atoms with Gasteiger partial charge in [0.05, 0.1) is 0 Å². The maximum absolute atomic E-state index is 6.22. The summed E-state index contributed by atoms with van der Waals surface area (Å²) in [4.78, 5) is 0. The third-order valence-corrected chi connectivity index (χ3v) is 4.13. The van der Waals surface area contributed by atoms with Crippen molar-refractivity contribution in [1.82, 2.24) is 0 Å². The first-order valence-corrected chi connectivity index (χ1v) is 7.57. The van der Waals surface area contributed by atoms with Crippen LogP contribution in [-0.2, 0) is 6.54 Å². The van der Waals surface area contributed by atoms with Crippen molar-refractivity contribution in [2.75, 3.05) is 5.32 Å². The average molecular weight is 347 g/mol. The van der Waals surface area contributed by atoms with Crippen molar-refractivity contribution in [3.05, 3.63) is 75.7 Å². The third kappa shape index (κ3) is 2.82. The molecule has 0 radical (unpaired) electrons. The topological polar surface area (TPSA) is 12.0 Å². The Morgan fingerprint density at radius 2 is 1.75 bits per heavy atom. The molecule has 0 saturated carbocycles. The van der Waals surface area contributed by atoms with Crippen LogP contribution in [0.4, 0.5) is 5.69 Å². The molecule has 0 saturated heterocycles. The Morgan fingerprint density at radius 1 is 0.950 bits per heavy atom.